The van der Waals surface area contributed by atoms with Gasteiger partial charge in [-0.15, -0.1) is 0 Å². The number of nitrogens with one attached hydrogen (secondary N) is 2. The number of benzene rings is 2. The molecule has 0 heterocycles. The van der Waals surface area contributed by atoms with E-state index >= 15 is 0 Å². The van der Waals surface area contributed by atoms with Gasteiger partial charge in [-0.3, -0.25) is 9.59 Å². The van der Waals surface area contributed by atoms with Crippen LogP contribution in [0.25, 0.3) is 6.08 Å². The molecular formula is C28H37N3O5. The highest BCUT2D eigenvalue weighted by Gasteiger charge is 2.35. The van der Waals surface area contributed by atoms with Crippen LogP contribution in [0.2, 0.25) is 0 Å². The molecule has 0 fully saturated rings. The third-order valence-corrected chi connectivity index (χ3v) is 5.25. The number of hydrogen-bond donors (Lipinski definition) is 3. The third kappa shape index (κ3) is 8.53. The number of carbonyl (C=O) groups is 3. The molecular weight excluding hydrogens is 458 g/mol. The summed E-state index contributed by atoms with van der Waals surface area (Å²) in [5, 5.41) is 15.3. The van der Waals surface area contributed by atoms with Crippen LogP contribution in [0.3, 0.4) is 0 Å². The molecule has 0 saturated heterocycles. The summed E-state index contributed by atoms with van der Waals surface area (Å²) in [4.78, 5) is 40.9. The van der Waals surface area contributed by atoms with E-state index in [4.69, 9.17) is 4.74 Å². The summed E-state index contributed by atoms with van der Waals surface area (Å²) in [6, 6.07) is 14.4. The Balaban J connectivity index is 2.39. The van der Waals surface area contributed by atoms with Crippen molar-refractivity contribution >= 4 is 24.0 Å². The molecule has 0 aliphatic carbocycles. The molecule has 2 aromatic rings. The largest absolute Gasteiger partial charge is 0.444 e. The number of rotatable bonds is 11. The molecule has 2 atom stereocenters. The highest BCUT2D eigenvalue weighted by molar-refractivity contribution is 5.92. The highest BCUT2D eigenvalue weighted by atomic mass is 16.6. The fraction of sp³-hybridized carbons (Fsp3) is 0.393. The first-order valence-electron chi connectivity index (χ1n) is 12.0. The Morgan fingerprint density at radius 3 is 2.39 bits per heavy atom. The summed E-state index contributed by atoms with van der Waals surface area (Å²) in [5.41, 5.74) is 1.52. The molecule has 3 amide bonds. The van der Waals surface area contributed by atoms with Gasteiger partial charge in [-0.25, -0.2) is 4.79 Å². The van der Waals surface area contributed by atoms with Crippen LogP contribution < -0.4 is 10.6 Å². The van der Waals surface area contributed by atoms with Crippen molar-refractivity contribution in [1.29, 1.82) is 0 Å². The normalized spacial score (nSPS) is 12.7. The second-order valence-corrected chi connectivity index (χ2v) is 9.39. The summed E-state index contributed by atoms with van der Waals surface area (Å²) in [7, 11) is 0. The molecule has 2 rings (SSSR count). The molecule has 36 heavy (non-hydrogen) atoms. The first-order valence-corrected chi connectivity index (χ1v) is 12.0. The topological polar surface area (TPSA) is 108 Å². The highest BCUT2D eigenvalue weighted by Crippen LogP contribution is 2.24. The summed E-state index contributed by atoms with van der Waals surface area (Å²) in [6.07, 6.45) is 1.39. The minimum absolute atomic E-state index is 0.229. The number of aliphatic hydroxyl groups excluding tert-OH is 1. The molecule has 0 bridgehead atoms. The van der Waals surface area contributed by atoms with Crippen molar-refractivity contribution in [2.75, 3.05) is 13.2 Å². The number of hydrogen-bond acceptors (Lipinski definition) is 5. The van der Waals surface area contributed by atoms with Crippen molar-refractivity contribution < 1.29 is 24.2 Å². The summed E-state index contributed by atoms with van der Waals surface area (Å²) >= 11 is 0. The molecule has 194 valence electrons. The second-order valence-electron chi connectivity index (χ2n) is 9.39. The Hall–Kier alpha value is -3.65. The summed E-state index contributed by atoms with van der Waals surface area (Å²) < 4.78 is 5.25. The molecule has 0 aliphatic heterocycles. The summed E-state index contributed by atoms with van der Waals surface area (Å²) in [6.45, 7) is 10.6. The number of aliphatic hydroxyl groups is 1. The fourth-order valence-electron chi connectivity index (χ4n) is 3.65. The monoisotopic (exact) mass is 495 g/mol. The molecule has 8 nitrogen and oxygen atoms in total. The van der Waals surface area contributed by atoms with Crippen molar-refractivity contribution in [3.8, 4) is 0 Å². The van der Waals surface area contributed by atoms with Crippen LogP contribution >= 0.6 is 0 Å². The van der Waals surface area contributed by atoms with Crippen LogP contribution in [-0.2, 0) is 20.9 Å². The minimum atomic E-state index is -1.28. The zero-order valence-electron chi connectivity index (χ0n) is 21.5. The van der Waals surface area contributed by atoms with Gasteiger partial charge in [0.25, 0.3) is 0 Å². The van der Waals surface area contributed by atoms with Crippen LogP contribution in [0.1, 0.15) is 56.8 Å². The molecule has 8 heteroatoms. The van der Waals surface area contributed by atoms with Gasteiger partial charge >= 0.3 is 6.09 Å². The van der Waals surface area contributed by atoms with E-state index in [9.17, 15) is 19.5 Å². The lowest BCUT2D eigenvalue weighted by Gasteiger charge is -2.34. The fourth-order valence-corrected chi connectivity index (χ4v) is 3.65. The molecule has 2 aromatic carbocycles. The van der Waals surface area contributed by atoms with Gasteiger partial charge < -0.3 is 25.4 Å². The maximum absolute atomic E-state index is 13.6. The van der Waals surface area contributed by atoms with Gasteiger partial charge in [0.2, 0.25) is 11.8 Å². The smallest absolute Gasteiger partial charge is 0.408 e. The first kappa shape index (κ1) is 28.6. The van der Waals surface area contributed by atoms with E-state index in [1.165, 1.54) is 4.90 Å². The van der Waals surface area contributed by atoms with E-state index in [0.717, 1.165) is 11.1 Å². The number of nitrogens with zero attached hydrogens (tertiary/aromatic N) is 1. The van der Waals surface area contributed by atoms with Gasteiger partial charge in [0, 0.05) is 13.1 Å². The van der Waals surface area contributed by atoms with E-state index in [-0.39, 0.29) is 19.0 Å². The lowest BCUT2D eigenvalue weighted by Crippen LogP contribution is -2.54. The van der Waals surface area contributed by atoms with E-state index in [1.54, 1.807) is 45.0 Å². The predicted molar refractivity (Wildman–Crippen MR) is 140 cm³/mol. The summed E-state index contributed by atoms with van der Waals surface area (Å²) in [5.74, 6) is -0.968. The quantitative estimate of drug-likeness (QED) is 0.439. The predicted octanol–water partition coefficient (Wildman–Crippen LogP) is 3.81. The molecule has 0 aliphatic rings. The van der Waals surface area contributed by atoms with Gasteiger partial charge in [-0.05, 0) is 49.9 Å². The second kappa shape index (κ2) is 13.4. The SMILES string of the molecule is C=Cc1cccc(C(C(=O)NCc2ccccc2)N(CCC)C(=O)C(CO)NC(=O)OC(C)(C)C)c1. The molecule has 0 spiro atoms. The van der Waals surface area contributed by atoms with Crippen LogP contribution in [0.4, 0.5) is 4.79 Å². The van der Waals surface area contributed by atoms with Crippen molar-refractivity contribution in [3.05, 3.63) is 77.9 Å². The molecule has 0 radical (unpaired) electrons. The molecule has 2 unspecified atom stereocenters. The van der Waals surface area contributed by atoms with Gasteiger partial charge in [0.15, 0.2) is 0 Å². The lowest BCUT2D eigenvalue weighted by molar-refractivity contribution is -0.143. The van der Waals surface area contributed by atoms with E-state index in [2.05, 4.69) is 17.2 Å². The molecule has 0 aromatic heterocycles. The van der Waals surface area contributed by atoms with Crippen molar-refractivity contribution in [3.63, 3.8) is 0 Å². The molecule has 3 N–H and O–H groups in total. The number of ether oxygens (including phenoxy) is 1. The van der Waals surface area contributed by atoms with E-state index in [0.29, 0.717) is 12.0 Å². The lowest BCUT2D eigenvalue weighted by atomic mass is 10.00. The maximum Gasteiger partial charge on any atom is 0.408 e. The van der Waals surface area contributed by atoms with Crippen LogP contribution in [-0.4, -0.2) is 52.7 Å². The van der Waals surface area contributed by atoms with E-state index < -0.39 is 36.3 Å². The average molecular weight is 496 g/mol. The zero-order chi connectivity index (χ0) is 26.7. The van der Waals surface area contributed by atoms with Gasteiger partial charge in [-0.2, -0.15) is 0 Å². The van der Waals surface area contributed by atoms with E-state index in [1.807, 2.05) is 43.3 Å². The zero-order valence-corrected chi connectivity index (χ0v) is 21.5. The Morgan fingerprint density at radius 2 is 1.81 bits per heavy atom. The van der Waals surface area contributed by atoms with Crippen molar-refractivity contribution in [2.24, 2.45) is 0 Å². The number of alkyl carbamates (subject to hydrolysis) is 1. The van der Waals surface area contributed by atoms with Crippen molar-refractivity contribution in [1.82, 2.24) is 15.5 Å². The Kier molecular flexibility index (Phi) is 10.7. The van der Waals surface area contributed by atoms with Crippen LogP contribution in [0.15, 0.2) is 61.2 Å². The Morgan fingerprint density at radius 1 is 1.11 bits per heavy atom. The third-order valence-electron chi connectivity index (χ3n) is 5.25. The standard InChI is InChI=1S/C28H37N3O5/c1-6-16-31(26(34)23(19-32)30-27(35)36-28(3,4)5)24(22-15-11-14-20(7-2)17-22)25(33)29-18-21-12-9-8-10-13-21/h7-15,17,23-24,32H,2,6,16,18-19H2,1,3-5H3,(H,29,33)(H,30,35). The first-order chi connectivity index (χ1) is 17.1. The molecule has 0 saturated carbocycles. The Labute approximate surface area is 213 Å². The van der Waals surface area contributed by atoms with Gasteiger partial charge in [-0.1, -0.05) is 68.1 Å². The average Bonchev–Trinajstić information content (AvgIpc) is 2.85. The Bertz CT molecular complexity index is 1030. The maximum atomic E-state index is 13.6. The van der Waals surface area contributed by atoms with Crippen LogP contribution in [0.5, 0.6) is 0 Å². The van der Waals surface area contributed by atoms with Gasteiger partial charge in [0.1, 0.15) is 17.7 Å². The van der Waals surface area contributed by atoms with Crippen molar-refractivity contribution in [2.45, 2.75) is 58.3 Å². The minimum Gasteiger partial charge on any atom is -0.444 e. The van der Waals surface area contributed by atoms with Gasteiger partial charge in [0.05, 0.1) is 6.61 Å². The number of amides is 3. The number of carbonyl (C=O) groups excluding carboxylic acids is 3. The van der Waals surface area contributed by atoms with Crippen LogP contribution in [0, 0.1) is 0 Å².